The Kier molecular flexibility index (Phi) is 6.97. The van der Waals surface area contributed by atoms with Crippen LogP contribution in [-0.2, 0) is 5.75 Å². The van der Waals surface area contributed by atoms with Crippen LogP contribution in [-0.4, -0.2) is 32.1 Å². The highest BCUT2D eigenvalue weighted by Gasteiger charge is 2.22. The lowest BCUT2D eigenvalue weighted by Gasteiger charge is -2.34. The fraction of sp³-hybridized carbons (Fsp3) is 0.292. The average Bonchev–Trinajstić information content (AvgIpc) is 3.32. The second-order valence-electron chi connectivity index (χ2n) is 7.30. The third-order valence-corrected chi connectivity index (χ3v) is 7.53. The topological polar surface area (TPSA) is 41.6 Å². The SMILES string of the molecule is COc1ccc(N2CCC(NC(=O)c3ccccc3SCc3cccs3)CC2)cc1. The number of rotatable bonds is 7. The van der Waals surface area contributed by atoms with Gasteiger partial charge in [0.2, 0.25) is 0 Å². The molecule has 1 aromatic heterocycles. The maximum Gasteiger partial charge on any atom is 0.252 e. The first kappa shape index (κ1) is 20.8. The number of thioether (sulfide) groups is 1. The monoisotopic (exact) mass is 438 g/mol. The molecule has 1 amide bonds. The Labute approximate surface area is 186 Å². The summed E-state index contributed by atoms with van der Waals surface area (Å²) in [5.74, 6) is 1.80. The van der Waals surface area contributed by atoms with Gasteiger partial charge in [0.25, 0.3) is 5.91 Å². The number of amides is 1. The Morgan fingerprint density at radius 3 is 2.57 bits per heavy atom. The number of hydrogen-bond donors (Lipinski definition) is 1. The summed E-state index contributed by atoms with van der Waals surface area (Å²) in [7, 11) is 1.68. The predicted octanol–water partition coefficient (Wildman–Crippen LogP) is 5.45. The largest absolute Gasteiger partial charge is 0.497 e. The van der Waals surface area contributed by atoms with Gasteiger partial charge in [-0.1, -0.05) is 18.2 Å². The lowest BCUT2D eigenvalue weighted by Crippen LogP contribution is -2.44. The zero-order valence-electron chi connectivity index (χ0n) is 17.0. The van der Waals surface area contributed by atoms with Crippen LogP contribution in [0.4, 0.5) is 5.69 Å². The molecule has 0 spiro atoms. The van der Waals surface area contributed by atoms with Crippen molar-refractivity contribution in [3.8, 4) is 5.75 Å². The molecule has 2 heterocycles. The molecule has 0 unspecified atom stereocenters. The summed E-state index contributed by atoms with van der Waals surface area (Å²) in [5, 5.41) is 5.35. The van der Waals surface area contributed by atoms with Crippen LogP contribution < -0.4 is 15.0 Å². The first-order chi connectivity index (χ1) is 14.7. The third kappa shape index (κ3) is 5.18. The summed E-state index contributed by atoms with van der Waals surface area (Å²) < 4.78 is 5.24. The fourth-order valence-corrected chi connectivity index (χ4v) is 5.48. The summed E-state index contributed by atoms with van der Waals surface area (Å²) >= 11 is 3.48. The van der Waals surface area contributed by atoms with Gasteiger partial charge in [0.1, 0.15) is 5.75 Å². The van der Waals surface area contributed by atoms with Crippen LogP contribution in [0.15, 0.2) is 70.9 Å². The molecular formula is C24H26N2O2S2. The van der Waals surface area contributed by atoms with Gasteiger partial charge >= 0.3 is 0 Å². The number of carbonyl (C=O) groups excluding carboxylic acids is 1. The van der Waals surface area contributed by atoms with Gasteiger partial charge in [-0.05, 0) is 60.7 Å². The highest BCUT2D eigenvalue weighted by atomic mass is 32.2. The van der Waals surface area contributed by atoms with Crippen molar-refractivity contribution >= 4 is 34.7 Å². The van der Waals surface area contributed by atoms with Crippen LogP contribution in [0.5, 0.6) is 5.75 Å². The smallest absolute Gasteiger partial charge is 0.252 e. The molecule has 4 nitrogen and oxygen atoms in total. The maximum atomic E-state index is 13.0. The highest BCUT2D eigenvalue weighted by Crippen LogP contribution is 2.28. The van der Waals surface area contributed by atoms with Crippen molar-refractivity contribution in [1.29, 1.82) is 0 Å². The Hall–Kier alpha value is -2.44. The number of thiophene rings is 1. The maximum absolute atomic E-state index is 13.0. The molecule has 0 radical (unpaired) electrons. The first-order valence-electron chi connectivity index (χ1n) is 10.2. The number of hydrogen-bond acceptors (Lipinski definition) is 5. The van der Waals surface area contributed by atoms with Gasteiger partial charge in [0, 0.05) is 40.3 Å². The Morgan fingerprint density at radius 1 is 1.10 bits per heavy atom. The number of methoxy groups -OCH3 is 1. The molecule has 0 aliphatic carbocycles. The lowest BCUT2D eigenvalue weighted by atomic mass is 10.0. The fourth-order valence-electron chi connectivity index (χ4n) is 3.66. The molecule has 156 valence electrons. The van der Waals surface area contributed by atoms with E-state index in [1.165, 1.54) is 10.6 Å². The van der Waals surface area contributed by atoms with E-state index in [0.29, 0.717) is 0 Å². The minimum atomic E-state index is 0.0344. The minimum Gasteiger partial charge on any atom is -0.497 e. The summed E-state index contributed by atoms with van der Waals surface area (Å²) in [6.45, 7) is 1.87. The van der Waals surface area contributed by atoms with Crippen molar-refractivity contribution in [3.05, 3.63) is 76.5 Å². The molecule has 1 aliphatic heterocycles. The van der Waals surface area contributed by atoms with E-state index >= 15 is 0 Å². The van der Waals surface area contributed by atoms with Crippen molar-refractivity contribution in [1.82, 2.24) is 5.32 Å². The number of ether oxygens (including phenoxy) is 1. The first-order valence-corrected chi connectivity index (χ1v) is 12.0. The summed E-state index contributed by atoms with van der Waals surface area (Å²) in [5.41, 5.74) is 1.98. The number of carbonyl (C=O) groups is 1. The van der Waals surface area contributed by atoms with E-state index in [-0.39, 0.29) is 11.9 Å². The van der Waals surface area contributed by atoms with Crippen molar-refractivity contribution in [2.45, 2.75) is 29.5 Å². The van der Waals surface area contributed by atoms with Crippen LogP contribution in [0, 0.1) is 0 Å². The van der Waals surface area contributed by atoms with Gasteiger partial charge in [-0.25, -0.2) is 0 Å². The van der Waals surface area contributed by atoms with Crippen molar-refractivity contribution in [2.24, 2.45) is 0 Å². The van der Waals surface area contributed by atoms with E-state index in [1.54, 1.807) is 30.2 Å². The van der Waals surface area contributed by atoms with Gasteiger partial charge in [0.15, 0.2) is 0 Å². The predicted molar refractivity (Wildman–Crippen MR) is 126 cm³/mol. The van der Waals surface area contributed by atoms with Crippen molar-refractivity contribution in [3.63, 3.8) is 0 Å². The van der Waals surface area contributed by atoms with Crippen LogP contribution in [0.1, 0.15) is 28.1 Å². The Bertz CT molecular complexity index is 950. The Morgan fingerprint density at radius 2 is 1.87 bits per heavy atom. The van der Waals surface area contributed by atoms with Crippen LogP contribution in [0.3, 0.4) is 0 Å². The molecular weight excluding hydrogens is 412 g/mol. The summed E-state index contributed by atoms with van der Waals surface area (Å²) in [6.07, 6.45) is 1.89. The van der Waals surface area contributed by atoms with Crippen LogP contribution in [0.25, 0.3) is 0 Å². The molecule has 1 N–H and O–H groups in total. The number of benzene rings is 2. The highest BCUT2D eigenvalue weighted by molar-refractivity contribution is 7.98. The summed E-state index contributed by atoms with van der Waals surface area (Å²) in [4.78, 5) is 17.7. The van der Waals surface area contributed by atoms with Gasteiger partial charge in [-0.2, -0.15) is 0 Å². The van der Waals surface area contributed by atoms with Gasteiger partial charge < -0.3 is 15.0 Å². The molecule has 2 aromatic carbocycles. The number of nitrogens with zero attached hydrogens (tertiary/aromatic N) is 1. The van der Waals surface area contributed by atoms with Crippen molar-refractivity contribution < 1.29 is 9.53 Å². The van der Waals surface area contributed by atoms with Gasteiger partial charge in [-0.3, -0.25) is 4.79 Å². The lowest BCUT2D eigenvalue weighted by molar-refractivity contribution is 0.0928. The molecule has 3 aromatic rings. The number of nitrogens with one attached hydrogen (secondary N) is 1. The Balaban J connectivity index is 1.32. The van der Waals surface area contributed by atoms with E-state index < -0.39 is 0 Å². The zero-order chi connectivity index (χ0) is 20.8. The molecule has 4 rings (SSSR count). The normalized spacial score (nSPS) is 14.5. The van der Waals surface area contributed by atoms with E-state index in [9.17, 15) is 4.79 Å². The standard InChI is InChI=1S/C24H26N2O2S2/c1-28-20-10-8-19(9-11-20)26-14-12-18(13-15-26)25-24(27)22-6-2-3-7-23(22)30-17-21-5-4-16-29-21/h2-11,16,18H,12-15,17H2,1H3,(H,25,27). The second kappa shape index (κ2) is 10.0. The van der Waals surface area contributed by atoms with E-state index in [2.05, 4.69) is 39.9 Å². The van der Waals surface area contributed by atoms with Gasteiger partial charge in [-0.15, -0.1) is 23.1 Å². The summed E-state index contributed by atoms with van der Waals surface area (Å²) in [6, 6.07) is 20.5. The quantitative estimate of drug-likeness (QED) is 0.498. The molecule has 30 heavy (non-hydrogen) atoms. The molecule has 0 atom stereocenters. The number of piperidine rings is 1. The van der Waals surface area contributed by atoms with Crippen LogP contribution >= 0.6 is 23.1 Å². The molecule has 0 bridgehead atoms. The average molecular weight is 439 g/mol. The van der Waals surface area contributed by atoms with E-state index in [4.69, 9.17) is 4.74 Å². The molecule has 0 saturated carbocycles. The molecule has 1 aliphatic rings. The number of anilines is 1. The van der Waals surface area contributed by atoms with Crippen LogP contribution in [0.2, 0.25) is 0 Å². The minimum absolute atomic E-state index is 0.0344. The van der Waals surface area contributed by atoms with Crippen molar-refractivity contribution in [2.75, 3.05) is 25.1 Å². The molecule has 1 saturated heterocycles. The van der Waals surface area contributed by atoms with Gasteiger partial charge in [0.05, 0.1) is 12.7 Å². The molecule has 1 fully saturated rings. The second-order valence-corrected chi connectivity index (χ2v) is 9.35. The third-order valence-electron chi connectivity index (χ3n) is 5.35. The van der Waals surface area contributed by atoms with E-state index in [0.717, 1.165) is 47.9 Å². The van der Waals surface area contributed by atoms with E-state index in [1.807, 2.05) is 36.4 Å². The molecule has 6 heteroatoms. The zero-order valence-corrected chi connectivity index (χ0v) is 18.7.